The van der Waals surface area contributed by atoms with Crippen LogP contribution in [0.5, 0.6) is 0 Å². The molecule has 32 heavy (non-hydrogen) atoms. The molecule has 0 N–H and O–H groups in total. The molecule has 3 aromatic rings. The van der Waals surface area contributed by atoms with Crippen LogP contribution in [0.4, 0.5) is 9.52 Å². The van der Waals surface area contributed by atoms with Crippen LogP contribution in [0.2, 0.25) is 5.02 Å². The molecule has 0 bridgehead atoms. The third-order valence-corrected chi connectivity index (χ3v) is 7.41. The van der Waals surface area contributed by atoms with Crippen molar-refractivity contribution in [3.63, 3.8) is 0 Å². The van der Waals surface area contributed by atoms with Crippen LogP contribution in [0.25, 0.3) is 10.2 Å². The number of hydrogen-bond acceptors (Lipinski definition) is 5. The molecule has 3 rings (SSSR count). The minimum atomic E-state index is -0.289. The highest BCUT2D eigenvalue weighted by atomic mass is 35.5. The van der Waals surface area contributed by atoms with E-state index in [0.29, 0.717) is 18.1 Å². The summed E-state index contributed by atoms with van der Waals surface area (Å²) in [4.78, 5) is 22.9. The summed E-state index contributed by atoms with van der Waals surface area (Å²) in [5, 5.41) is 1.36. The van der Waals surface area contributed by atoms with Crippen LogP contribution in [-0.2, 0) is 4.79 Å². The van der Waals surface area contributed by atoms with Gasteiger partial charge in [0, 0.05) is 29.4 Å². The van der Waals surface area contributed by atoms with Crippen molar-refractivity contribution in [2.75, 3.05) is 36.8 Å². The summed E-state index contributed by atoms with van der Waals surface area (Å²) in [5.74, 6) is 0.619. The number of halogens is 3. The van der Waals surface area contributed by atoms with E-state index in [1.165, 1.54) is 23.5 Å². The number of thiazole rings is 1. The van der Waals surface area contributed by atoms with Crippen molar-refractivity contribution in [3.05, 3.63) is 53.3 Å². The van der Waals surface area contributed by atoms with Crippen molar-refractivity contribution in [3.8, 4) is 0 Å². The topological polar surface area (TPSA) is 36.4 Å². The van der Waals surface area contributed by atoms with Crippen molar-refractivity contribution in [1.82, 2.24) is 9.88 Å². The first kappa shape index (κ1) is 26.9. The zero-order valence-electron chi connectivity index (χ0n) is 18.2. The van der Waals surface area contributed by atoms with Gasteiger partial charge in [0.05, 0.1) is 10.2 Å². The van der Waals surface area contributed by atoms with E-state index in [4.69, 9.17) is 11.6 Å². The van der Waals surface area contributed by atoms with E-state index in [2.05, 4.69) is 23.7 Å². The van der Waals surface area contributed by atoms with Crippen molar-refractivity contribution >= 4 is 68.4 Å². The number of carbonyl (C=O) groups is 1. The van der Waals surface area contributed by atoms with Gasteiger partial charge in [-0.05, 0) is 67.7 Å². The summed E-state index contributed by atoms with van der Waals surface area (Å²) < 4.78 is 14.4. The van der Waals surface area contributed by atoms with Gasteiger partial charge in [-0.15, -0.1) is 24.2 Å². The molecule has 9 heteroatoms. The lowest BCUT2D eigenvalue weighted by molar-refractivity contribution is -0.118. The van der Waals surface area contributed by atoms with Crippen molar-refractivity contribution in [2.45, 2.75) is 31.6 Å². The predicted octanol–water partition coefficient (Wildman–Crippen LogP) is 6.76. The molecular weight excluding hydrogens is 488 g/mol. The van der Waals surface area contributed by atoms with Gasteiger partial charge in [-0.2, -0.15) is 0 Å². The first-order chi connectivity index (χ1) is 15.0. The van der Waals surface area contributed by atoms with Gasteiger partial charge in [-0.1, -0.05) is 36.8 Å². The Morgan fingerprint density at radius 3 is 2.53 bits per heavy atom. The molecule has 0 fully saturated rings. The molecule has 0 atom stereocenters. The normalized spacial score (nSPS) is 11.0. The zero-order valence-corrected chi connectivity index (χ0v) is 21.4. The molecule has 0 aliphatic carbocycles. The third-order valence-electron chi connectivity index (χ3n) is 5.02. The van der Waals surface area contributed by atoms with Crippen molar-refractivity contribution in [2.24, 2.45) is 0 Å². The van der Waals surface area contributed by atoms with Crippen LogP contribution in [0.1, 0.15) is 26.7 Å². The highest BCUT2D eigenvalue weighted by Gasteiger charge is 2.20. The molecule has 0 unspecified atom stereocenters. The number of fused-ring (bicyclic) bond motifs is 1. The number of nitrogens with zero attached hydrogens (tertiary/aromatic N) is 3. The molecular formula is C23H28Cl2FN3OS2. The van der Waals surface area contributed by atoms with Gasteiger partial charge in [-0.25, -0.2) is 9.37 Å². The second-order valence-electron chi connectivity index (χ2n) is 7.09. The Bertz CT molecular complexity index is 997. The molecule has 0 aliphatic rings. The first-order valence-corrected chi connectivity index (χ1v) is 12.6. The van der Waals surface area contributed by atoms with Crippen LogP contribution in [0.3, 0.4) is 0 Å². The van der Waals surface area contributed by atoms with E-state index in [-0.39, 0.29) is 24.1 Å². The van der Waals surface area contributed by atoms with Gasteiger partial charge in [0.1, 0.15) is 5.82 Å². The lowest BCUT2D eigenvalue weighted by Crippen LogP contribution is -2.38. The number of likely N-dealkylation sites (N-methyl/N-ethyl adjacent to an activating group) is 1. The third kappa shape index (κ3) is 7.59. The van der Waals surface area contributed by atoms with Gasteiger partial charge in [0.15, 0.2) is 5.13 Å². The molecule has 0 saturated heterocycles. The van der Waals surface area contributed by atoms with E-state index >= 15 is 0 Å². The zero-order chi connectivity index (χ0) is 22.2. The second-order valence-corrected chi connectivity index (χ2v) is 9.70. The van der Waals surface area contributed by atoms with Crippen LogP contribution in [0, 0.1) is 5.82 Å². The van der Waals surface area contributed by atoms with Crippen LogP contribution >= 0.6 is 47.1 Å². The largest absolute Gasteiger partial charge is 0.302 e. The number of anilines is 1. The number of carbonyl (C=O) groups excluding carboxylic acids is 1. The number of thioether (sulfide) groups is 1. The Labute approximate surface area is 208 Å². The summed E-state index contributed by atoms with van der Waals surface area (Å²) in [7, 11) is 0. The van der Waals surface area contributed by atoms with Crippen molar-refractivity contribution in [1.29, 1.82) is 0 Å². The first-order valence-electron chi connectivity index (χ1n) is 10.5. The Hall–Kier alpha value is -1.38. The summed E-state index contributed by atoms with van der Waals surface area (Å²) in [6, 6.07) is 12.3. The second kappa shape index (κ2) is 13.4. The van der Waals surface area contributed by atoms with Crippen LogP contribution < -0.4 is 4.90 Å². The predicted molar refractivity (Wildman–Crippen MR) is 138 cm³/mol. The van der Waals surface area contributed by atoms with E-state index in [1.54, 1.807) is 22.7 Å². The maximum Gasteiger partial charge on any atom is 0.228 e. The fourth-order valence-corrected chi connectivity index (χ4v) is 5.20. The smallest absolute Gasteiger partial charge is 0.228 e. The molecule has 174 valence electrons. The maximum absolute atomic E-state index is 13.6. The minimum Gasteiger partial charge on any atom is -0.302 e. The molecule has 1 aromatic heterocycles. The lowest BCUT2D eigenvalue weighted by Gasteiger charge is -2.24. The molecule has 0 radical (unpaired) electrons. The Morgan fingerprint density at radius 1 is 1.12 bits per heavy atom. The highest BCUT2D eigenvalue weighted by molar-refractivity contribution is 7.99. The van der Waals surface area contributed by atoms with Gasteiger partial charge in [-0.3, -0.25) is 9.69 Å². The Morgan fingerprint density at radius 2 is 1.84 bits per heavy atom. The van der Waals surface area contributed by atoms with E-state index in [9.17, 15) is 9.18 Å². The standard InChI is InChI=1S/C23H27ClFN3OS2.ClH/c1-3-27(4-2)13-14-28(23-26-20-12-9-18(25)16-21(20)31-23)22(29)6-5-15-30-19-10-7-17(24)8-11-19;/h7-12,16H,3-6,13-15H2,1-2H3;1H. The van der Waals surface area contributed by atoms with E-state index < -0.39 is 0 Å². The van der Waals surface area contributed by atoms with Crippen LogP contribution in [0.15, 0.2) is 47.4 Å². The molecule has 1 amide bonds. The number of rotatable bonds is 11. The van der Waals surface area contributed by atoms with Gasteiger partial charge < -0.3 is 4.90 Å². The summed E-state index contributed by atoms with van der Waals surface area (Å²) >= 11 is 9.02. The summed E-state index contributed by atoms with van der Waals surface area (Å²) in [6.45, 7) is 7.45. The molecule has 0 saturated carbocycles. The number of amides is 1. The minimum absolute atomic E-state index is 0. The van der Waals surface area contributed by atoms with Gasteiger partial charge in [0.25, 0.3) is 0 Å². The average Bonchev–Trinajstić information content (AvgIpc) is 3.18. The molecule has 0 aliphatic heterocycles. The average molecular weight is 517 g/mol. The molecule has 2 aromatic carbocycles. The monoisotopic (exact) mass is 515 g/mol. The fourth-order valence-electron chi connectivity index (χ4n) is 3.19. The van der Waals surface area contributed by atoms with Crippen LogP contribution in [-0.4, -0.2) is 47.7 Å². The summed E-state index contributed by atoms with van der Waals surface area (Å²) in [5.41, 5.74) is 0.723. The lowest BCUT2D eigenvalue weighted by atomic mass is 10.3. The molecule has 0 spiro atoms. The molecule has 1 heterocycles. The Kier molecular flexibility index (Phi) is 11.2. The van der Waals surface area contributed by atoms with Gasteiger partial charge >= 0.3 is 0 Å². The number of benzene rings is 2. The number of hydrogen-bond donors (Lipinski definition) is 0. The maximum atomic E-state index is 13.6. The van der Waals surface area contributed by atoms with Crippen molar-refractivity contribution < 1.29 is 9.18 Å². The van der Waals surface area contributed by atoms with E-state index in [1.807, 2.05) is 24.3 Å². The number of aromatic nitrogens is 1. The SMILES string of the molecule is CCN(CC)CCN(C(=O)CCCSc1ccc(Cl)cc1)c1nc2ccc(F)cc2s1.Cl. The summed E-state index contributed by atoms with van der Waals surface area (Å²) in [6.07, 6.45) is 1.22. The van der Waals surface area contributed by atoms with Gasteiger partial charge in [0.2, 0.25) is 5.91 Å². The van der Waals surface area contributed by atoms with E-state index in [0.717, 1.165) is 51.9 Å². The Balaban J connectivity index is 0.00000363. The molecule has 4 nitrogen and oxygen atoms in total. The fraction of sp³-hybridized carbons (Fsp3) is 0.391. The highest BCUT2D eigenvalue weighted by Crippen LogP contribution is 2.30. The quantitative estimate of drug-likeness (QED) is 0.209.